The highest BCUT2D eigenvalue weighted by atomic mass is 15.1. The van der Waals surface area contributed by atoms with E-state index in [1.807, 2.05) is 6.92 Å². The highest BCUT2D eigenvalue weighted by molar-refractivity contribution is 5.55. The minimum atomic E-state index is 0.594. The van der Waals surface area contributed by atoms with Crippen LogP contribution in [0.5, 0.6) is 0 Å². The van der Waals surface area contributed by atoms with Crippen molar-refractivity contribution in [1.82, 2.24) is 9.97 Å². The number of nitrogens with zero attached hydrogens (tertiary/aromatic N) is 2. The molecule has 0 radical (unpaired) electrons. The first kappa shape index (κ1) is 9.68. The summed E-state index contributed by atoms with van der Waals surface area (Å²) in [7, 11) is 0. The summed E-state index contributed by atoms with van der Waals surface area (Å²) in [4.78, 5) is 8.32. The summed E-state index contributed by atoms with van der Waals surface area (Å²) >= 11 is 0. The number of anilines is 2. The normalized spacial score (nSPS) is 41.4. The fourth-order valence-corrected chi connectivity index (χ4v) is 4.29. The average Bonchev–Trinajstić information content (AvgIpc) is 2.72. The average molecular weight is 230 g/mol. The Morgan fingerprint density at radius 2 is 1.94 bits per heavy atom. The van der Waals surface area contributed by atoms with E-state index in [0.29, 0.717) is 11.9 Å². The minimum absolute atomic E-state index is 0.594. The van der Waals surface area contributed by atoms with Gasteiger partial charge in [-0.2, -0.15) is 0 Å². The Bertz CT molecular complexity index is 456. The molecule has 4 unspecified atom stereocenters. The zero-order valence-electron chi connectivity index (χ0n) is 10.1. The molecule has 3 N–H and O–H groups in total. The van der Waals surface area contributed by atoms with Crippen LogP contribution in [0.2, 0.25) is 0 Å². The Morgan fingerprint density at radius 3 is 2.65 bits per heavy atom. The molecule has 0 aliphatic heterocycles. The van der Waals surface area contributed by atoms with E-state index >= 15 is 0 Å². The molecule has 0 amide bonds. The lowest BCUT2D eigenvalue weighted by Gasteiger charge is -2.13. The summed E-state index contributed by atoms with van der Waals surface area (Å²) in [6, 6.07) is 0.661. The molecule has 1 aromatic heterocycles. The number of aromatic nitrogens is 2. The van der Waals surface area contributed by atoms with Gasteiger partial charge in [-0.3, -0.25) is 0 Å². The molecule has 90 valence electrons. The third-order valence-electron chi connectivity index (χ3n) is 5.16. The van der Waals surface area contributed by atoms with Crippen molar-refractivity contribution < 1.29 is 0 Å². The first-order valence-corrected chi connectivity index (χ1v) is 6.59. The van der Waals surface area contributed by atoms with Gasteiger partial charge in [-0.05, 0) is 49.9 Å². The van der Waals surface area contributed by atoms with Crippen LogP contribution in [0, 0.1) is 30.6 Å². The maximum Gasteiger partial charge on any atom is 0.134 e. The monoisotopic (exact) mass is 230 g/mol. The molecule has 4 rings (SSSR count). The highest BCUT2D eigenvalue weighted by Gasteiger charge is 2.65. The number of nitrogens with one attached hydrogen (secondary N) is 1. The van der Waals surface area contributed by atoms with Gasteiger partial charge in [0.2, 0.25) is 0 Å². The second-order valence-corrected chi connectivity index (χ2v) is 5.89. The van der Waals surface area contributed by atoms with E-state index < -0.39 is 0 Å². The Kier molecular flexibility index (Phi) is 1.78. The number of hydrogen-bond acceptors (Lipinski definition) is 4. The summed E-state index contributed by atoms with van der Waals surface area (Å²) < 4.78 is 0. The Balaban J connectivity index is 1.55. The minimum Gasteiger partial charge on any atom is -0.383 e. The molecular weight excluding hydrogens is 212 g/mol. The van der Waals surface area contributed by atoms with E-state index in [4.69, 9.17) is 5.73 Å². The Labute approximate surface area is 101 Å². The molecule has 0 saturated heterocycles. The predicted molar refractivity (Wildman–Crippen MR) is 66.4 cm³/mol. The molecule has 17 heavy (non-hydrogen) atoms. The molecule has 3 saturated carbocycles. The van der Waals surface area contributed by atoms with Gasteiger partial charge in [-0.25, -0.2) is 9.97 Å². The predicted octanol–water partition coefficient (Wildman–Crippen LogP) is 1.82. The van der Waals surface area contributed by atoms with E-state index in [9.17, 15) is 0 Å². The molecule has 1 aromatic rings. The fraction of sp³-hybridized carbons (Fsp3) is 0.692. The van der Waals surface area contributed by atoms with Crippen LogP contribution in [0.3, 0.4) is 0 Å². The number of rotatable bonds is 2. The van der Waals surface area contributed by atoms with Gasteiger partial charge in [0.15, 0.2) is 0 Å². The lowest BCUT2D eigenvalue weighted by molar-refractivity contribution is 0.456. The first-order chi connectivity index (χ1) is 8.25. The summed E-state index contributed by atoms with van der Waals surface area (Å²) in [5.41, 5.74) is 6.80. The summed E-state index contributed by atoms with van der Waals surface area (Å²) in [5.74, 6) is 5.35. The van der Waals surface area contributed by atoms with Crippen molar-refractivity contribution >= 4 is 11.6 Å². The molecule has 3 fully saturated rings. The topological polar surface area (TPSA) is 63.8 Å². The van der Waals surface area contributed by atoms with Gasteiger partial charge in [0.1, 0.15) is 18.0 Å². The van der Waals surface area contributed by atoms with Crippen LogP contribution in [-0.2, 0) is 0 Å². The van der Waals surface area contributed by atoms with Crippen molar-refractivity contribution in [3.8, 4) is 0 Å². The van der Waals surface area contributed by atoms with Crippen LogP contribution in [0.1, 0.15) is 24.8 Å². The van der Waals surface area contributed by atoms with Crippen molar-refractivity contribution in [1.29, 1.82) is 0 Å². The van der Waals surface area contributed by atoms with Crippen molar-refractivity contribution in [2.45, 2.75) is 32.2 Å². The van der Waals surface area contributed by atoms with Crippen LogP contribution in [0.4, 0.5) is 11.6 Å². The van der Waals surface area contributed by atoms with Gasteiger partial charge in [0.05, 0.1) is 0 Å². The second kappa shape index (κ2) is 3.12. The summed E-state index contributed by atoms with van der Waals surface area (Å²) in [6.07, 6.45) is 5.94. The molecule has 4 nitrogen and oxygen atoms in total. The van der Waals surface area contributed by atoms with E-state index in [1.54, 1.807) is 6.33 Å². The van der Waals surface area contributed by atoms with Crippen LogP contribution in [0.25, 0.3) is 0 Å². The maximum absolute atomic E-state index is 5.81. The molecular formula is C13H18N4. The number of nitrogens with two attached hydrogens (primary N) is 1. The Hall–Kier alpha value is -1.32. The largest absolute Gasteiger partial charge is 0.383 e. The van der Waals surface area contributed by atoms with E-state index in [2.05, 4.69) is 15.3 Å². The van der Waals surface area contributed by atoms with Crippen LogP contribution in [0.15, 0.2) is 6.33 Å². The zero-order chi connectivity index (χ0) is 11.6. The van der Waals surface area contributed by atoms with Gasteiger partial charge in [-0.15, -0.1) is 0 Å². The van der Waals surface area contributed by atoms with Gasteiger partial charge < -0.3 is 11.1 Å². The van der Waals surface area contributed by atoms with Crippen molar-refractivity contribution in [3.05, 3.63) is 11.9 Å². The second-order valence-electron chi connectivity index (χ2n) is 5.89. The standard InChI is InChI=1S/C13H18N4/c1-6-12(14)15-5-16-13(6)17-11-9-7-2-3-8(4-7)10(9)11/h5,7-11H,2-4H2,1H3,(H3,14,15,16,17). The SMILES string of the molecule is Cc1c(N)ncnc1NC1C2C3CCC(C3)C12. The molecule has 1 heterocycles. The van der Waals surface area contributed by atoms with Crippen LogP contribution < -0.4 is 11.1 Å². The molecule has 3 aliphatic carbocycles. The van der Waals surface area contributed by atoms with E-state index in [0.717, 1.165) is 35.1 Å². The number of hydrogen-bond donors (Lipinski definition) is 2. The summed E-state index contributed by atoms with van der Waals surface area (Å²) in [6.45, 7) is 1.99. The van der Waals surface area contributed by atoms with E-state index in [1.165, 1.54) is 19.3 Å². The Morgan fingerprint density at radius 1 is 1.24 bits per heavy atom. The first-order valence-electron chi connectivity index (χ1n) is 6.59. The molecule has 4 atom stereocenters. The van der Waals surface area contributed by atoms with Gasteiger partial charge in [-0.1, -0.05) is 0 Å². The maximum atomic E-state index is 5.81. The fourth-order valence-electron chi connectivity index (χ4n) is 4.29. The molecule has 0 spiro atoms. The van der Waals surface area contributed by atoms with Gasteiger partial charge in [0.25, 0.3) is 0 Å². The smallest absolute Gasteiger partial charge is 0.134 e. The molecule has 2 bridgehead atoms. The molecule has 4 heteroatoms. The quantitative estimate of drug-likeness (QED) is 0.813. The number of fused-ring (bicyclic) bond motifs is 5. The van der Waals surface area contributed by atoms with Crippen molar-refractivity contribution in [2.75, 3.05) is 11.1 Å². The van der Waals surface area contributed by atoms with E-state index in [-0.39, 0.29) is 0 Å². The third-order valence-corrected chi connectivity index (χ3v) is 5.16. The van der Waals surface area contributed by atoms with Crippen molar-refractivity contribution in [2.24, 2.45) is 23.7 Å². The lowest BCUT2D eigenvalue weighted by Crippen LogP contribution is -2.15. The van der Waals surface area contributed by atoms with Gasteiger partial charge >= 0.3 is 0 Å². The van der Waals surface area contributed by atoms with Crippen molar-refractivity contribution in [3.63, 3.8) is 0 Å². The van der Waals surface area contributed by atoms with Crippen LogP contribution >= 0.6 is 0 Å². The zero-order valence-corrected chi connectivity index (χ0v) is 10.1. The van der Waals surface area contributed by atoms with Gasteiger partial charge in [0, 0.05) is 11.6 Å². The third kappa shape index (κ3) is 1.24. The lowest BCUT2D eigenvalue weighted by atomic mass is 10.0. The highest BCUT2D eigenvalue weighted by Crippen LogP contribution is 2.66. The summed E-state index contributed by atoms with van der Waals surface area (Å²) in [5, 5.41) is 3.60. The molecule has 3 aliphatic rings. The molecule has 0 aromatic carbocycles. The van der Waals surface area contributed by atoms with Crippen LogP contribution in [-0.4, -0.2) is 16.0 Å². The number of nitrogen functional groups attached to an aromatic ring is 1.